The standard InChI is InChI=1S/C18H20ClFN2O3/c1-18(2,3)25-17(23)22-7-6-13(10-22)24-16-14-9-12(20)5-4-11(14)8-15(19)21-16/h4-5,8-9,13H,6-7,10H2,1-3H3/t13-/m0/s1. The molecule has 5 nitrogen and oxygen atoms in total. The number of hydrogen-bond acceptors (Lipinski definition) is 4. The average Bonchev–Trinajstić information content (AvgIpc) is 2.95. The van der Waals surface area contributed by atoms with Crippen molar-refractivity contribution in [3.8, 4) is 5.88 Å². The lowest BCUT2D eigenvalue weighted by Crippen LogP contribution is -2.36. The number of hydrogen-bond donors (Lipinski definition) is 0. The van der Waals surface area contributed by atoms with Gasteiger partial charge in [-0.2, -0.15) is 0 Å². The summed E-state index contributed by atoms with van der Waals surface area (Å²) in [5.74, 6) is -0.0960. The summed E-state index contributed by atoms with van der Waals surface area (Å²) in [5.41, 5.74) is -0.543. The quantitative estimate of drug-likeness (QED) is 0.738. The van der Waals surface area contributed by atoms with Gasteiger partial charge in [-0.05, 0) is 44.4 Å². The molecule has 1 amide bonds. The van der Waals surface area contributed by atoms with Crippen LogP contribution in [0.25, 0.3) is 10.8 Å². The maximum absolute atomic E-state index is 13.6. The first kappa shape index (κ1) is 17.7. The third-order valence-corrected chi connectivity index (χ3v) is 4.00. The van der Waals surface area contributed by atoms with E-state index in [1.54, 1.807) is 17.0 Å². The largest absolute Gasteiger partial charge is 0.472 e. The molecule has 0 aliphatic carbocycles. The fraction of sp³-hybridized carbons (Fsp3) is 0.444. The van der Waals surface area contributed by atoms with Gasteiger partial charge in [-0.1, -0.05) is 17.7 Å². The Bertz CT molecular complexity index is 807. The number of aromatic nitrogens is 1. The Hall–Kier alpha value is -2.08. The molecular weight excluding hydrogens is 347 g/mol. The molecule has 1 aromatic carbocycles. The molecule has 1 aromatic heterocycles. The molecule has 0 saturated carbocycles. The van der Waals surface area contributed by atoms with Crippen LogP contribution in [0.4, 0.5) is 9.18 Å². The lowest BCUT2D eigenvalue weighted by atomic mass is 10.1. The predicted molar refractivity (Wildman–Crippen MR) is 93.6 cm³/mol. The molecule has 2 heterocycles. The summed E-state index contributed by atoms with van der Waals surface area (Å²) in [4.78, 5) is 17.9. The molecule has 0 bridgehead atoms. The number of nitrogens with zero attached hydrogens (tertiary/aromatic N) is 2. The van der Waals surface area contributed by atoms with Crippen LogP contribution in [0.3, 0.4) is 0 Å². The van der Waals surface area contributed by atoms with Crippen LogP contribution in [0, 0.1) is 5.82 Å². The minimum Gasteiger partial charge on any atom is -0.472 e. The highest BCUT2D eigenvalue weighted by molar-refractivity contribution is 6.30. The summed E-state index contributed by atoms with van der Waals surface area (Å²) in [6, 6.07) is 6.02. The Morgan fingerprint density at radius 2 is 2.12 bits per heavy atom. The average molecular weight is 367 g/mol. The molecule has 0 N–H and O–H groups in total. The van der Waals surface area contributed by atoms with Gasteiger partial charge in [0.25, 0.3) is 0 Å². The Morgan fingerprint density at radius 3 is 2.84 bits per heavy atom. The second-order valence-electron chi connectivity index (χ2n) is 7.07. The molecule has 2 aromatic rings. The van der Waals surface area contributed by atoms with Gasteiger partial charge in [-0.25, -0.2) is 14.2 Å². The second kappa shape index (κ2) is 6.67. The summed E-state index contributed by atoms with van der Waals surface area (Å²) in [7, 11) is 0. The number of carbonyl (C=O) groups is 1. The fourth-order valence-electron chi connectivity index (χ4n) is 2.72. The van der Waals surface area contributed by atoms with Crippen molar-refractivity contribution in [1.29, 1.82) is 0 Å². The first-order valence-electron chi connectivity index (χ1n) is 8.12. The molecule has 25 heavy (non-hydrogen) atoms. The highest BCUT2D eigenvalue weighted by Crippen LogP contribution is 2.29. The Labute approximate surface area is 150 Å². The normalized spacial score (nSPS) is 17.8. The lowest BCUT2D eigenvalue weighted by molar-refractivity contribution is 0.0275. The van der Waals surface area contributed by atoms with E-state index in [0.717, 1.165) is 5.39 Å². The van der Waals surface area contributed by atoms with Crippen molar-refractivity contribution in [3.63, 3.8) is 0 Å². The van der Waals surface area contributed by atoms with Crippen LogP contribution >= 0.6 is 11.6 Å². The van der Waals surface area contributed by atoms with Crippen molar-refractivity contribution in [2.45, 2.75) is 38.9 Å². The van der Waals surface area contributed by atoms with E-state index in [2.05, 4.69) is 4.98 Å². The topological polar surface area (TPSA) is 51.7 Å². The van der Waals surface area contributed by atoms with Crippen LogP contribution in [-0.4, -0.2) is 40.8 Å². The number of fused-ring (bicyclic) bond motifs is 1. The number of benzene rings is 1. The number of carbonyl (C=O) groups excluding carboxylic acids is 1. The van der Waals surface area contributed by atoms with Gasteiger partial charge in [-0.3, -0.25) is 0 Å². The number of rotatable bonds is 2. The van der Waals surface area contributed by atoms with Gasteiger partial charge >= 0.3 is 6.09 Å². The van der Waals surface area contributed by atoms with Crippen LogP contribution in [0.2, 0.25) is 5.15 Å². The van der Waals surface area contributed by atoms with Crippen LogP contribution in [0.5, 0.6) is 5.88 Å². The van der Waals surface area contributed by atoms with E-state index in [1.807, 2.05) is 20.8 Å². The van der Waals surface area contributed by atoms with Gasteiger partial charge in [0.15, 0.2) is 0 Å². The van der Waals surface area contributed by atoms with E-state index in [-0.39, 0.29) is 29.0 Å². The monoisotopic (exact) mass is 366 g/mol. The third kappa shape index (κ3) is 4.31. The molecule has 1 saturated heterocycles. The van der Waals surface area contributed by atoms with Crippen molar-refractivity contribution >= 4 is 28.5 Å². The first-order chi connectivity index (χ1) is 11.7. The van der Waals surface area contributed by atoms with E-state index in [9.17, 15) is 9.18 Å². The van der Waals surface area contributed by atoms with Gasteiger partial charge in [0.05, 0.1) is 6.54 Å². The van der Waals surface area contributed by atoms with Gasteiger partial charge < -0.3 is 14.4 Å². The zero-order chi connectivity index (χ0) is 18.2. The molecule has 1 aliphatic rings. The molecular formula is C18H20ClFN2O3. The summed E-state index contributed by atoms with van der Waals surface area (Å²) in [5, 5.41) is 1.58. The van der Waals surface area contributed by atoms with Crippen molar-refractivity contribution in [1.82, 2.24) is 9.88 Å². The number of ether oxygens (including phenoxy) is 2. The van der Waals surface area contributed by atoms with Crippen molar-refractivity contribution < 1.29 is 18.7 Å². The highest BCUT2D eigenvalue weighted by Gasteiger charge is 2.31. The highest BCUT2D eigenvalue weighted by atomic mass is 35.5. The minimum absolute atomic E-state index is 0.245. The zero-order valence-electron chi connectivity index (χ0n) is 14.4. The first-order valence-corrected chi connectivity index (χ1v) is 8.49. The number of halogens is 2. The SMILES string of the molecule is CC(C)(C)OC(=O)N1CC[C@H](Oc2nc(Cl)cc3ccc(F)cc23)C1. The molecule has 7 heteroatoms. The van der Waals surface area contributed by atoms with Crippen LogP contribution < -0.4 is 4.74 Å². The molecule has 0 radical (unpaired) electrons. The Morgan fingerprint density at radius 1 is 1.36 bits per heavy atom. The predicted octanol–water partition coefficient (Wildman–Crippen LogP) is 4.42. The summed E-state index contributed by atoms with van der Waals surface area (Å²) in [6.45, 7) is 6.40. The van der Waals surface area contributed by atoms with Gasteiger partial charge in [-0.15, -0.1) is 0 Å². The van der Waals surface area contributed by atoms with E-state index < -0.39 is 5.60 Å². The number of likely N-dealkylation sites (tertiary alicyclic amines) is 1. The third-order valence-electron chi connectivity index (χ3n) is 3.80. The van der Waals surface area contributed by atoms with E-state index in [4.69, 9.17) is 21.1 Å². The summed E-state index contributed by atoms with van der Waals surface area (Å²) < 4.78 is 24.9. The van der Waals surface area contributed by atoms with E-state index >= 15 is 0 Å². The molecule has 0 spiro atoms. The summed E-state index contributed by atoms with van der Waals surface area (Å²) in [6.07, 6.45) is 0.0306. The molecule has 0 unspecified atom stereocenters. The second-order valence-corrected chi connectivity index (χ2v) is 7.46. The molecule has 134 valence electrons. The van der Waals surface area contributed by atoms with Crippen molar-refractivity contribution in [2.24, 2.45) is 0 Å². The van der Waals surface area contributed by atoms with Crippen LogP contribution in [-0.2, 0) is 4.74 Å². The molecule has 3 rings (SSSR count). The molecule has 1 fully saturated rings. The molecule has 1 aliphatic heterocycles. The van der Waals surface area contributed by atoms with E-state index in [1.165, 1.54) is 12.1 Å². The fourth-order valence-corrected chi connectivity index (χ4v) is 2.92. The van der Waals surface area contributed by atoms with Gasteiger partial charge in [0.2, 0.25) is 5.88 Å². The maximum atomic E-state index is 13.6. The zero-order valence-corrected chi connectivity index (χ0v) is 15.1. The summed E-state index contributed by atoms with van der Waals surface area (Å²) >= 11 is 6.03. The minimum atomic E-state index is -0.543. The number of pyridine rings is 1. The van der Waals surface area contributed by atoms with Gasteiger partial charge in [0, 0.05) is 18.4 Å². The van der Waals surface area contributed by atoms with Crippen molar-refractivity contribution in [2.75, 3.05) is 13.1 Å². The van der Waals surface area contributed by atoms with Gasteiger partial charge in [0.1, 0.15) is 22.7 Å². The van der Waals surface area contributed by atoms with Crippen LogP contribution in [0.1, 0.15) is 27.2 Å². The Balaban J connectivity index is 1.75. The van der Waals surface area contributed by atoms with Crippen LogP contribution in [0.15, 0.2) is 24.3 Å². The molecule has 1 atom stereocenters. The number of amides is 1. The Kier molecular flexibility index (Phi) is 4.73. The lowest BCUT2D eigenvalue weighted by Gasteiger charge is -2.24. The maximum Gasteiger partial charge on any atom is 0.410 e. The smallest absolute Gasteiger partial charge is 0.410 e. The van der Waals surface area contributed by atoms with Crippen molar-refractivity contribution in [3.05, 3.63) is 35.2 Å². The van der Waals surface area contributed by atoms with E-state index in [0.29, 0.717) is 24.9 Å².